The zero-order valence-electron chi connectivity index (χ0n) is 16.6. The smallest absolute Gasteiger partial charge is 0.241 e. The Bertz CT molecular complexity index is 561. The molecule has 2 rings (SSSR count). The van der Waals surface area contributed by atoms with Gasteiger partial charge in [0, 0.05) is 45.5 Å². The van der Waals surface area contributed by atoms with Crippen LogP contribution < -0.4 is 10.6 Å². The first-order chi connectivity index (χ1) is 12.7. The predicted octanol–water partition coefficient (Wildman–Crippen LogP) is 2.84. The molecule has 1 saturated carbocycles. The first-order valence-corrected chi connectivity index (χ1v) is 9.77. The Morgan fingerprint density at radius 2 is 2.07 bits per heavy atom. The van der Waals surface area contributed by atoms with Crippen molar-refractivity contribution in [3.63, 3.8) is 0 Å². The van der Waals surface area contributed by atoms with Crippen molar-refractivity contribution in [1.29, 1.82) is 0 Å². The van der Waals surface area contributed by atoms with Crippen LogP contribution in [-0.2, 0) is 11.2 Å². The lowest BCUT2D eigenvalue weighted by Crippen LogP contribution is -2.44. The summed E-state index contributed by atoms with van der Waals surface area (Å²) in [6.45, 7) is 1.81. The number of hydrogen-bond acceptors (Lipinski definition) is 3. The molecule has 2 N–H and O–H groups in total. The lowest BCUT2D eigenvalue weighted by Gasteiger charge is -2.18. The highest BCUT2D eigenvalue weighted by molar-refractivity contribution is 14.0. The Morgan fingerprint density at radius 3 is 2.74 bits per heavy atom. The van der Waals surface area contributed by atoms with Gasteiger partial charge in [-0.3, -0.25) is 14.8 Å². The van der Waals surface area contributed by atoms with Crippen molar-refractivity contribution < 1.29 is 4.79 Å². The highest BCUT2D eigenvalue weighted by Gasteiger charge is 2.14. The predicted molar refractivity (Wildman–Crippen MR) is 122 cm³/mol. The van der Waals surface area contributed by atoms with E-state index in [1.807, 2.05) is 25.2 Å². The number of amides is 1. The van der Waals surface area contributed by atoms with E-state index in [1.54, 1.807) is 18.1 Å². The largest absolute Gasteiger partial charge is 0.356 e. The van der Waals surface area contributed by atoms with Gasteiger partial charge in [0.2, 0.25) is 5.91 Å². The van der Waals surface area contributed by atoms with Gasteiger partial charge in [0.1, 0.15) is 0 Å². The minimum atomic E-state index is 0. The molecule has 1 aromatic rings. The summed E-state index contributed by atoms with van der Waals surface area (Å²) in [6.07, 6.45) is 10.6. The van der Waals surface area contributed by atoms with E-state index < -0.39 is 0 Å². The van der Waals surface area contributed by atoms with Gasteiger partial charge in [-0.25, -0.2) is 0 Å². The Labute approximate surface area is 180 Å². The van der Waals surface area contributed by atoms with Crippen LogP contribution in [0.25, 0.3) is 0 Å². The van der Waals surface area contributed by atoms with Crippen LogP contribution in [0.5, 0.6) is 0 Å². The van der Waals surface area contributed by atoms with Gasteiger partial charge in [0.15, 0.2) is 5.96 Å². The van der Waals surface area contributed by atoms with E-state index in [9.17, 15) is 4.79 Å². The van der Waals surface area contributed by atoms with Crippen molar-refractivity contribution in [2.24, 2.45) is 10.9 Å². The van der Waals surface area contributed by atoms with Gasteiger partial charge in [-0.15, -0.1) is 24.0 Å². The van der Waals surface area contributed by atoms with Gasteiger partial charge in [0.25, 0.3) is 0 Å². The molecule has 0 aromatic carbocycles. The van der Waals surface area contributed by atoms with Gasteiger partial charge in [-0.1, -0.05) is 31.7 Å². The maximum atomic E-state index is 12.2. The van der Waals surface area contributed by atoms with E-state index in [0.717, 1.165) is 31.0 Å². The second kappa shape index (κ2) is 13.7. The van der Waals surface area contributed by atoms with E-state index in [1.165, 1.54) is 32.1 Å². The third-order valence-corrected chi connectivity index (χ3v) is 5.04. The quantitative estimate of drug-likeness (QED) is 0.243. The number of aliphatic imine (C=N–C) groups is 1. The maximum absolute atomic E-state index is 12.2. The fourth-order valence-corrected chi connectivity index (χ4v) is 3.36. The van der Waals surface area contributed by atoms with E-state index in [2.05, 4.69) is 20.6 Å². The highest BCUT2D eigenvalue weighted by atomic mass is 127. The molecule has 0 bridgehead atoms. The van der Waals surface area contributed by atoms with Crippen LogP contribution in [0.15, 0.2) is 29.4 Å². The monoisotopic (exact) mass is 487 g/mol. The van der Waals surface area contributed by atoms with Crippen LogP contribution in [0.2, 0.25) is 0 Å². The zero-order chi connectivity index (χ0) is 18.6. The van der Waals surface area contributed by atoms with Crippen LogP contribution in [0.4, 0.5) is 0 Å². The SMILES string of the molecule is CN=C(NCCCC1CCCC1)NCC(=O)N(C)CCc1ccccn1.I. The van der Waals surface area contributed by atoms with E-state index >= 15 is 0 Å². The van der Waals surface area contributed by atoms with Crippen molar-refractivity contribution in [2.75, 3.05) is 33.7 Å². The molecule has 1 aliphatic carbocycles. The Hall–Kier alpha value is -1.38. The molecule has 27 heavy (non-hydrogen) atoms. The molecular formula is C20H34IN5O. The van der Waals surface area contributed by atoms with Gasteiger partial charge in [0.05, 0.1) is 6.54 Å². The highest BCUT2D eigenvalue weighted by Crippen LogP contribution is 2.28. The summed E-state index contributed by atoms with van der Waals surface area (Å²) in [5.74, 6) is 1.67. The van der Waals surface area contributed by atoms with Gasteiger partial charge >= 0.3 is 0 Å². The van der Waals surface area contributed by atoms with Crippen LogP contribution >= 0.6 is 24.0 Å². The summed E-state index contributed by atoms with van der Waals surface area (Å²) in [4.78, 5) is 22.5. The summed E-state index contributed by atoms with van der Waals surface area (Å²) < 4.78 is 0. The Balaban J connectivity index is 0.00000364. The molecule has 0 atom stereocenters. The van der Waals surface area contributed by atoms with Gasteiger partial charge < -0.3 is 15.5 Å². The molecule has 1 heterocycles. The molecule has 1 aromatic heterocycles. The molecule has 0 spiro atoms. The molecule has 0 saturated heterocycles. The molecule has 0 aliphatic heterocycles. The van der Waals surface area contributed by atoms with Crippen molar-refractivity contribution in [2.45, 2.75) is 44.9 Å². The van der Waals surface area contributed by atoms with Crippen LogP contribution in [-0.4, -0.2) is 55.5 Å². The number of nitrogens with one attached hydrogen (secondary N) is 2. The molecule has 0 unspecified atom stereocenters. The van der Waals surface area contributed by atoms with E-state index in [4.69, 9.17) is 0 Å². The number of guanidine groups is 1. The number of carbonyl (C=O) groups excluding carboxylic acids is 1. The zero-order valence-corrected chi connectivity index (χ0v) is 18.9. The fourth-order valence-electron chi connectivity index (χ4n) is 3.36. The average Bonchev–Trinajstić information content (AvgIpc) is 3.19. The third-order valence-electron chi connectivity index (χ3n) is 5.04. The normalized spacial score (nSPS) is 14.5. The molecule has 152 valence electrons. The van der Waals surface area contributed by atoms with Crippen LogP contribution in [0.1, 0.15) is 44.2 Å². The molecule has 7 heteroatoms. The number of likely N-dealkylation sites (N-methyl/N-ethyl adjacent to an activating group) is 1. The molecular weight excluding hydrogens is 453 g/mol. The van der Waals surface area contributed by atoms with Crippen LogP contribution in [0.3, 0.4) is 0 Å². The maximum Gasteiger partial charge on any atom is 0.241 e. The topological polar surface area (TPSA) is 69.6 Å². The molecule has 1 fully saturated rings. The number of nitrogens with zero attached hydrogens (tertiary/aromatic N) is 3. The number of aromatic nitrogens is 1. The summed E-state index contributed by atoms with van der Waals surface area (Å²) in [5, 5.41) is 6.41. The van der Waals surface area contributed by atoms with Crippen molar-refractivity contribution in [1.82, 2.24) is 20.5 Å². The first kappa shape index (κ1) is 23.7. The summed E-state index contributed by atoms with van der Waals surface area (Å²) in [5.41, 5.74) is 1.000. The molecule has 1 aliphatic rings. The number of rotatable bonds is 9. The molecule has 0 radical (unpaired) electrons. The van der Waals surface area contributed by atoms with Gasteiger partial charge in [-0.05, 0) is 30.9 Å². The van der Waals surface area contributed by atoms with E-state index in [0.29, 0.717) is 12.5 Å². The van der Waals surface area contributed by atoms with Crippen LogP contribution in [0, 0.1) is 5.92 Å². The Kier molecular flexibility index (Phi) is 12.0. The Morgan fingerprint density at radius 1 is 1.30 bits per heavy atom. The van der Waals surface area contributed by atoms with E-state index in [-0.39, 0.29) is 36.4 Å². The fraction of sp³-hybridized carbons (Fsp3) is 0.650. The standard InChI is InChI=1S/C20H33N5O.HI/c1-21-20(23-14-7-10-17-8-3-4-9-17)24-16-19(26)25(2)15-12-18-11-5-6-13-22-18;/h5-6,11,13,17H,3-4,7-10,12,14-16H2,1-2H3,(H2,21,23,24);1H. The van der Waals surface area contributed by atoms with Crippen molar-refractivity contribution >= 4 is 35.8 Å². The minimum Gasteiger partial charge on any atom is -0.356 e. The lowest BCUT2D eigenvalue weighted by atomic mass is 10.0. The minimum absolute atomic E-state index is 0. The summed E-state index contributed by atoms with van der Waals surface area (Å²) in [7, 11) is 3.56. The second-order valence-corrected chi connectivity index (χ2v) is 7.03. The molecule has 6 nitrogen and oxygen atoms in total. The molecule has 1 amide bonds. The van der Waals surface area contributed by atoms with Crippen molar-refractivity contribution in [3.05, 3.63) is 30.1 Å². The number of halogens is 1. The summed E-state index contributed by atoms with van der Waals surface area (Å²) in [6, 6.07) is 5.84. The average molecular weight is 487 g/mol. The van der Waals surface area contributed by atoms with Gasteiger partial charge in [-0.2, -0.15) is 0 Å². The lowest BCUT2D eigenvalue weighted by molar-refractivity contribution is -0.128. The van der Waals surface area contributed by atoms with Crippen molar-refractivity contribution in [3.8, 4) is 0 Å². The second-order valence-electron chi connectivity index (χ2n) is 7.03. The number of hydrogen-bond donors (Lipinski definition) is 2. The number of pyridine rings is 1. The third kappa shape index (κ3) is 9.39. The summed E-state index contributed by atoms with van der Waals surface area (Å²) >= 11 is 0. The number of carbonyl (C=O) groups is 1. The first-order valence-electron chi connectivity index (χ1n) is 9.77.